The van der Waals surface area contributed by atoms with Crippen LogP contribution in [0, 0.1) is 17.8 Å². The van der Waals surface area contributed by atoms with Crippen molar-refractivity contribution >= 4 is 17.8 Å². The van der Waals surface area contributed by atoms with Crippen LogP contribution in [0.25, 0.3) is 0 Å². The van der Waals surface area contributed by atoms with E-state index in [0.717, 1.165) is 25.8 Å². The number of piperidine rings is 1. The van der Waals surface area contributed by atoms with Crippen LogP contribution in [0.2, 0.25) is 0 Å². The second-order valence-corrected chi connectivity index (χ2v) is 9.76. The third-order valence-corrected chi connectivity index (χ3v) is 6.13. The Balaban J connectivity index is 1.99. The minimum atomic E-state index is -0.404. The van der Waals surface area contributed by atoms with E-state index >= 15 is 0 Å². The van der Waals surface area contributed by atoms with Crippen molar-refractivity contribution in [1.82, 2.24) is 15.1 Å². The van der Waals surface area contributed by atoms with Gasteiger partial charge in [-0.15, -0.1) is 0 Å². The molecule has 2 heterocycles. The highest BCUT2D eigenvalue weighted by atomic mass is 16.5. The van der Waals surface area contributed by atoms with E-state index in [4.69, 9.17) is 4.74 Å². The summed E-state index contributed by atoms with van der Waals surface area (Å²) in [4.78, 5) is 42.2. The Hall–Kier alpha value is -1.89. The van der Waals surface area contributed by atoms with Crippen LogP contribution in [-0.2, 0) is 19.1 Å². The third-order valence-electron chi connectivity index (χ3n) is 6.13. The van der Waals surface area contributed by atoms with Crippen LogP contribution in [-0.4, -0.2) is 72.5 Å². The molecule has 0 unspecified atom stereocenters. The molecule has 2 amide bonds. The molecule has 7 nitrogen and oxygen atoms in total. The van der Waals surface area contributed by atoms with Crippen molar-refractivity contribution in [3.63, 3.8) is 0 Å². The number of carbonyl (C=O) groups is 3. The van der Waals surface area contributed by atoms with Gasteiger partial charge in [-0.2, -0.15) is 0 Å². The minimum Gasteiger partial charge on any atom is -0.461 e. The van der Waals surface area contributed by atoms with Crippen molar-refractivity contribution in [2.45, 2.75) is 71.9 Å². The van der Waals surface area contributed by atoms with Gasteiger partial charge in [0.2, 0.25) is 11.8 Å². The lowest BCUT2D eigenvalue weighted by Gasteiger charge is -2.42. The van der Waals surface area contributed by atoms with Gasteiger partial charge in [-0.05, 0) is 43.4 Å². The summed E-state index contributed by atoms with van der Waals surface area (Å²) in [6, 6.07) is -0.609. The van der Waals surface area contributed by atoms with Gasteiger partial charge in [-0.3, -0.25) is 14.4 Å². The third kappa shape index (κ3) is 7.63. The maximum Gasteiger partial charge on any atom is 0.306 e. The van der Waals surface area contributed by atoms with Crippen molar-refractivity contribution in [2.24, 2.45) is 17.8 Å². The normalized spacial score (nSPS) is 21.5. The number of hydrogen-bond acceptors (Lipinski definition) is 5. The zero-order valence-electron chi connectivity index (χ0n) is 19.8. The van der Waals surface area contributed by atoms with Gasteiger partial charge in [0.15, 0.2) is 0 Å². The van der Waals surface area contributed by atoms with E-state index in [9.17, 15) is 14.4 Å². The molecule has 2 atom stereocenters. The van der Waals surface area contributed by atoms with E-state index in [2.05, 4.69) is 39.6 Å². The fourth-order valence-electron chi connectivity index (χ4n) is 4.54. The van der Waals surface area contributed by atoms with E-state index in [0.29, 0.717) is 44.3 Å². The first kappa shape index (κ1) is 25.4. The summed E-state index contributed by atoms with van der Waals surface area (Å²) >= 11 is 0. The zero-order chi connectivity index (χ0) is 23.0. The average Bonchev–Trinajstić information content (AvgIpc) is 2.72. The number of ether oxygens (including phenoxy) is 1. The highest BCUT2D eigenvalue weighted by Crippen LogP contribution is 2.25. The molecule has 2 fully saturated rings. The second kappa shape index (κ2) is 12.2. The van der Waals surface area contributed by atoms with Crippen molar-refractivity contribution in [2.75, 3.05) is 32.8 Å². The molecule has 0 aliphatic carbocycles. The molecule has 0 bridgehead atoms. The summed E-state index contributed by atoms with van der Waals surface area (Å²) < 4.78 is 5.09. The van der Waals surface area contributed by atoms with Crippen LogP contribution in [0.3, 0.4) is 0 Å². The van der Waals surface area contributed by atoms with Gasteiger partial charge < -0.3 is 19.9 Å². The molecule has 176 valence electrons. The summed E-state index contributed by atoms with van der Waals surface area (Å²) in [7, 11) is 0. The van der Waals surface area contributed by atoms with E-state index in [1.807, 2.05) is 9.80 Å². The van der Waals surface area contributed by atoms with Crippen LogP contribution in [0.1, 0.15) is 59.8 Å². The van der Waals surface area contributed by atoms with E-state index in [1.54, 1.807) is 6.08 Å². The molecule has 0 aromatic carbocycles. The van der Waals surface area contributed by atoms with E-state index < -0.39 is 6.04 Å². The molecule has 7 heteroatoms. The standard InChI is InChI=1S/C24H41N3O4/c1-6-13-31-22(28)16-19-7-10-26(11-8-19)24(30)21(15-18(4)5)27-12-9-25-20(23(27)29)14-17(2)3/h6,17-21,25H,1,7-16H2,2-5H3/t20-,21-/m0/s1. The molecule has 0 spiro atoms. The molecule has 1 N–H and O–H groups in total. The maximum absolute atomic E-state index is 13.5. The first-order chi connectivity index (χ1) is 14.7. The Labute approximate surface area is 187 Å². The molecular formula is C24H41N3O4. The van der Waals surface area contributed by atoms with Gasteiger partial charge in [-0.1, -0.05) is 40.3 Å². The number of nitrogens with zero attached hydrogens (tertiary/aromatic N) is 2. The summed E-state index contributed by atoms with van der Waals surface area (Å²) in [5.41, 5.74) is 0. The van der Waals surface area contributed by atoms with Crippen LogP contribution in [0.15, 0.2) is 12.7 Å². The molecular weight excluding hydrogens is 394 g/mol. The van der Waals surface area contributed by atoms with Crippen LogP contribution in [0.5, 0.6) is 0 Å². The first-order valence-electron chi connectivity index (χ1n) is 11.8. The average molecular weight is 436 g/mol. The van der Waals surface area contributed by atoms with Gasteiger partial charge >= 0.3 is 5.97 Å². The van der Waals surface area contributed by atoms with E-state index in [1.165, 1.54) is 0 Å². The molecule has 2 saturated heterocycles. The van der Waals surface area contributed by atoms with Gasteiger partial charge in [0.25, 0.3) is 0 Å². The smallest absolute Gasteiger partial charge is 0.306 e. The van der Waals surface area contributed by atoms with Crippen molar-refractivity contribution in [3.8, 4) is 0 Å². The summed E-state index contributed by atoms with van der Waals surface area (Å²) in [6.45, 7) is 14.8. The first-order valence-corrected chi connectivity index (χ1v) is 11.8. The van der Waals surface area contributed by atoms with Gasteiger partial charge in [0, 0.05) is 32.6 Å². The zero-order valence-corrected chi connectivity index (χ0v) is 19.8. The topological polar surface area (TPSA) is 79.0 Å². The number of likely N-dealkylation sites (tertiary alicyclic amines) is 1. The second-order valence-electron chi connectivity index (χ2n) is 9.76. The molecule has 0 aromatic heterocycles. The molecule has 0 aromatic rings. The molecule has 2 aliphatic heterocycles. The van der Waals surface area contributed by atoms with Crippen LogP contribution in [0.4, 0.5) is 0 Å². The lowest BCUT2D eigenvalue weighted by Crippen LogP contribution is -2.62. The fraction of sp³-hybridized carbons (Fsp3) is 0.792. The van der Waals surface area contributed by atoms with E-state index in [-0.39, 0.29) is 36.4 Å². The van der Waals surface area contributed by atoms with Gasteiger partial charge in [0.05, 0.1) is 6.04 Å². The quantitative estimate of drug-likeness (QED) is 0.422. The molecule has 2 rings (SSSR count). The number of amides is 2. The largest absolute Gasteiger partial charge is 0.461 e. The van der Waals surface area contributed by atoms with Gasteiger partial charge in [-0.25, -0.2) is 0 Å². The van der Waals surface area contributed by atoms with Crippen LogP contribution >= 0.6 is 0 Å². The summed E-state index contributed by atoms with van der Waals surface area (Å²) in [6.07, 6.45) is 4.98. The number of esters is 1. The Morgan fingerprint density at radius 2 is 1.84 bits per heavy atom. The predicted molar refractivity (Wildman–Crippen MR) is 121 cm³/mol. The number of carbonyl (C=O) groups excluding carboxylic acids is 3. The SMILES string of the molecule is C=CCOC(=O)CC1CCN(C(=O)[C@H](CC(C)C)N2CCN[C@@H](CC(C)C)C2=O)CC1. The van der Waals surface area contributed by atoms with Crippen molar-refractivity contribution in [1.29, 1.82) is 0 Å². The summed E-state index contributed by atoms with van der Waals surface area (Å²) in [5.74, 6) is 0.875. The highest BCUT2D eigenvalue weighted by Gasteiger charge is 2.39. The Morgan fingerprint density at radius 3 is 2.42 bits per heavy atom. The minimum absolute atomic E-state index is 0.0544. The Kier molecular flexibility index (Phi) is 10.0. The Bertz CT molecular complexity index is 626. The van der Waals surface area contributed by atoms with Gasteiger partial charge in [0.1, 0.15) is 12.6 Å². The predicted octanol–water partition coefficient (Wildman–Crippen LogP) is 2.61. The molecule has 31 heavy (non-hydrogen) atoms. The molecule has 2 aliphatic rings. The molecule has 0 saturated carbocycles. The number of piperazine rings is 1. The summed E-state index contributed by atoms with van der Waals surface area (Å²) in [5, 5.41) is 3.33. The lowest BCUT2D eigenvalue weighted by molar-refractivity contribution is -0.151. The van der Waals surface area contributed by atoms with Crippen LogP contribution < -0.4 is 5.32 Å². The fourth-order valence-corrected chi connectivity index (χ4v) is 4.54. The number of hydrogen-bond donors (Lipinski definition) is 1. The maximum atomic E-state index is 13.5. The number of nitrogens with one attached hydrogen (secondary N) is 1. The number of rotatable bonds is 10. The van der Waals surface area contributed by atoms with Crippen molar-refractivity contribution in [3.05, 3.63) is 12.7 Å². The van der Waals surface area contributed by atoms with Crippen molar-refractivity contribution < 1.29 is 19.1 Å². The lowest BCUT2D eigenvalue weighted by atomic mass is 9.92. The Morgan fingerprint density at radius 1 is 1.16 bits per heavy atom. The molecule has 0 radical (unpaired) electrons. The highest BCUT2D eigenvalue weighted by molar-refractivity contribution is 5.90. The monoisotopic (exact) mass is 435 g/mol.